The zero-order valence-electron chi connectivity index (χ0n) is 13.8. The van der Waals surface area contributed by atoms with Crippen molar-refractivity contribution in [3.05, 3.63) is 69.8 Å². The van der Waals surface area contributed by atoms with E-state index in [1.807, 2.05) is 19.1 Å². The van der Waals surface area contributed by atoms with Crippen LogP contribution in [0.25, 0.3) is 0 Å². The summed E-state index contributed by atoms with van der Waals surface area (Å²) in [6.07, 6.45) is 0.980. The van der Waals surface area contributed by atoms with E-state index in [-0.39, 0.29) is 24.2 Å². The summed E-state index contributed by atoms with van der Waals surface area (Å²) in [5.41, 5.74) is 2.82. The van der Waals surface area contributed by atoms with Crippen LogP contribution < -0.4 is 10.6 Å². The number of nitrogens with one attached hydrogen (secondary N) is 2. The van der Waals surface area contributed by atoms with Gasteiger partial charge in [0, 0.05) is 17.8 Å². The van der Waals surface area contributed by atoms with Gasteiger partial charge in [-0.3, -0.25) is 14.9 Å². The SMILES string of the molecule is CCc1ccc([C@@H](C)NC(=O)CNc2cccc([N+](=O)[O-])c2)cc1. The van der Waals surface area contributed by atoms with Gasteiger partial charge in [-0.1, -0.05) is 37.3 Å². The lowest BCUT2D eigenvalue weighted by Crippen LogP contribution is -2.32. The Bertz CT molecular complexity index is 714. The Hall–Kier alpha value is -2.89. The van der Waals surface area contributed by atoms with Gasteiger partial charge in [-0.05, 0) is 30.5 Å². The zero-order chi connectivity index (χ0) is 17.5. The molecule has 0 aliphatic rings. The smallest absolute Gasteiger partial charge is 0.271 e. The summed E-state index contributed by atoms with van der Waals surface area (Å²) >= 11 is 0. The lowest BCUT2D eigenvalue weighted by Gasteiger charge is -2.15. The van der Waals surface area contributed by atoms with Crippen molar-refractivity contribution in [3.8, 4) is 0 Å². The van der Waals surface area contributed by atoms with E-state index in [4.69, 9.17) is 0 Å². The van der Waals surface area contributed by atoms with Gasteiger partial charge in [0.2, 0.25) is 5.91 Å². The molecule has 1 amide bonds. The van der Waals surface area contributed by atoms with Crippen molar-refractivity contribution in [2.24, 2.45) is 0 Å². The summed E-state index contributed by atoms with van der Waals surface area (Å²) in [6, 6.07) is 14.1. The van der Waals surface area contributed by atoms with Gasteiger partial charge in [0.1, 0.15) is 0 Å². The third-order valence-corrected chi connectivity index (χ3v) is 3.78. The fraction of sp³-hybridized carbons (Fsp3) is 0.278. The maximum Gasteiger partial charge on any atom is 0.271 e. The number of rotatable bonds is 7. The Morgan fingerprint density at radius 2 is 1.92 bits per heavy atom. The number of nitrogens with zero attached hydrogens (tertiary/aromatic N) is 1. The second kappa shape index (κ2) is 8.10. The number of nitro benzene ring substituents is 1. The predicted molar refractivity (Wildman–Crippen MR) is 94.0 cm³/mol. The number of benzene rings is 2. The predicted octanol–water partition coefficient (Wildman–Crippen LogP) is 3.45. The summed E-state index contributed by atoms with van der Waals surface area (Å²) in [4.78, 5) is 22.3. The maximum atomic E-state index is 12.0. The minimum Gasteiger partial charge on any atom is -0.376 e. The molecule has 0 spiro atoms. The molecular weight excluding hydrogens is 306 g/mol. The summed E-state index contributed by atoms with van der Waals surface area (Å²) in [6.45, 7) is 4.07. The average molecular weight is 327 g/mol. The Balaban J connectivity index is 1.88. The van der Waals surface area contributed by atoms with Crippen molar-refractivity contribution in [2.45, 2.75) is 26.3 Å². The first kappa shape index (κ1) is 17.5. The molecule has 0 bridgehead atoms. The van der Waals surface area contributed by atoms with E-state index < -0.39 is 4.92 Å². The number of non-ortho nitro benzene ring substituents is 1. The van der Waals surface area contributed by atoms with E-state index in [0.29, 0.717) is 5.69 Å². The first-order valence-corrected chi connectivity index (χ1v) is 7.86. The number of amides is 1. The first-order valence-electron chi connectivity index (χ1n) is 7.86. The molecule has 0 saturated carbocycles. The number of aryl methyl sites for hydroxylation is 1. The number of carbonyl (C=O) groups excluding carboxylic acids is 1. The van der Waals surface area contributed by atoms with Gasteiger partial charge >= 0.3 is 0 Å². The fourth-order valence-corrected chi connectivity index (χ4v) is 2.33. The van der Waals surface area contributed by atoms with Crippen LogP contribution in [0.15, 0.2) is 48.5 Å². The van der Waals surface area contributed by atoms with Crippen molar-refractivity contribution >= 4 is 17.3 Å². The minimum atomic E-state index is -0.465. The highest BCUT2D eigenvalue weighted by Gasteiger charge is 2.10. The van der Waals surface area contributed by atoms with Crippen LogP contribution in [0.5, 0.6) is 0 Å². The Morgan fingerprint density at radius 3 is 2.54 bits per heavy atom. The van der Waals surface area contributed by atoms with Crippen LogP contribution in [-0.2, 0) is 11.2 Å². The lowest BCUT2D eigenvalue weighted by molar-refractivity contribution is -0.384. The van der Waals surface area contributed by atoms with Gasteiger partial charge in [0.05, 0.1) is 17.5 Å². The normalized spacial score (nSPS) is 11.6. The molecule has 0 aromatic heterocycles. The molecule has 6 nitrogen and oxygen atoms in total. The molecule has 0 aliphatic carbocycles. The van der Waals surface area contributed by atoms with E-state index in [9.17, 15) is 14.9 Å². The van der Waals surface area contributed by atoms with Gasteiger partial charge in [-0.25, -0.2) is 0 Å². The van der Waals surface area contributed by atoms with E-state index in [2.05, 4.69) is 29.7 Å². The maximum absolute atomic E-state index is 12.0. The summed E-state index contributed by atoms with van der Waals surface area (Å²) in [5, 5.41) is 16.5. The average Bonchev–Trinajstić information content (AvgIpc) is 2.60. The zero-order valence-corrected chi connectivity index (χ0v) is 13.8. The van der Waals surface area contributed by atoms with Crippen molar-refractivity contribution < 1.29 is 9.72 Å². The highest BCUT2D eigenvalue weighted by Crippen LogP contribution is 2.17. The van der Waals surface area contributed by atoms with Crippen molar-refractivity contribution in [1.29, 1.82) is 0 Å². The Labute approximate surface area is 141 Å². The number of nitro groups is 1. The third-order valence-electron chi connectivity index (χ3n) is 3.78. The van der Waals surface area contributed by atoms with E-state index in [1.165, 1.54) is 17.7 Å². The summed E-state index contributed by atoms with van der Waals surface area (Å²) in [7, 11) is 0. The molecule has 0 heterocycles. The van der Waals surface area contributed by atoms with Crippen LogP contribution in [0.4, 0.5) is 11.4 Å². The van der Waals surface area contributed by atoms with Gasteiger partial charge in [0.15, 0.2) is 0 Å². The molecule has 24 heavy (non-hydrogen) atoms. The molecule has 0 saturated heterocycles. The number of hydrogen-bond donors (Lipinski definition) is 2. The highest BCUT2D eigenvalue weighted by atomic mass is 16.6. The van der Waals surface area contributed by atoms with Crippen LogP contribution in [0.2, 0.25) is 0 Å². The molecule has 0 fully saturated rings. The molecule has 0 radical (unpaired) electrons. The molecule has 2 N–H and O–H groups in total. The topological polar surface area (TPSA) is 84.3 Å². The standard InChI is InChI=1S/C18H21N3O3/c1-3-14-7-9-15(10-8-14)13(2)20-18(22)12-19-16-5-4-6-17(11-16)21(23)24/h4-11,13,19H,3,12H2,1-2H3,(H,20,22)/t13-/m1/s1. The second-order valence-electron chi connectivity index (χ2n) is 5.55. The largest absolute Gasteiger partial charge is 0.376 e. The highest BCUT2D eigenvalue weighted by molar-refractivity contribution is 5.81. The Morgan fingerprint density at radius 1 is 1.21 bits per heavy atom. The monoisotopic (exact) mass is 327 g/mol. The molecule has 0 aliphatic heterocycles. The third kappa shape index (κ3) is 4.81. The first-order chi connectivity index (χ1) is 11.5. The lowest BCUT2D eigenvalue weighted by atomic mass is 10.1. The summed E-state index contributed by atoms with van der Waals surface area (Å²) < 4.78 is 0. The van der Waals surface area contributed by atoms with Crippen molar-refractivity contribution in [3.63, 3.8) is 0 Å². The molecule has 2 rings (SSSR count). The van der Waals surface area contributed by atoms with E-state index in [1.54, 1.807) is 12.1 Å². The van der Waals surface area contributed by atoms with Crippen LogP contribution in [0.3, 0.4) is 0 Å². The van der Waals surface area contributed by atoms with Gasteiger partial charge in [-0.2, -0.15) is 0 Å². The fourth-order valence-electron chi connectivity index (χ4n) is 2.33. The molecular formula is C18H21N3O3. The van der Waals surface area contributed by atoms with Gasteiger partial charge in [0.25, 0.3) is 5.69 Å². The molecule has 1 atom stereocenters. The van der Waals surface area contributed by atoms with E-state index in [0.717, 1.165) is 12.0 Å². The number of hydrogen-bond acceptors (Lipinski definition) is 4. The van der Waals surface area contributed by atoms with Crippen LogP contribution in [0.1, 0.15) is 31.0 Å². The molecule has 6 heteroatoms. The van der Waals surface area contributed by atoms with Crippen molar-refractivity contribution in [1.82, 2.24) is 5.32 Å². The molecule has 126 valence electrons. The van der Waals surface area contributed by atoms with Crippen LogP contribution in [0, 0.1) is 10.1 Å². The quantitative estimate of drug-likeness (QED) is 0.602. The minimum absolute atomic E-state index is 0.00945. The number of carbonyl (C=O) groups is 1. The van der Waals surface area contributed by atoms with Crippen LogP contribution >= 0.6 is 0 Å². The molecule has 2 aromatic rings. The number of anilines is 1. The van der Waals surface area contributed by atoms with E-state index >= 15 is 0 Å². The van der Waals surface area contributed by atoms with Crippen LogP contribution in [-0.4, -0.2) is 17.4 Å². The summed E-state index contributed by atoms with van der Waals surface area (Å²) in [5.74, 6) is -0.173. The van der Waals surface area contributed by atoms with Gasteiger partial charge < -0.3 is 10.6 Å². The molecule has 0 unspecified atom stereocenters. The van der Waals surface area contributed by atoms with Crippen molar-refractivity contribution in [2.75, 3.05) is 11.9 Å². The Kier molecular flexibility index (Phi) is 5.89. The van der Waals surface area contributed by atoms with Gasteiger partial charge in [-0.15, -0.1) is 0 Å². The second-order valence-corrected chi connectivity index (χ2v) is 5.55. The molecule has 2 aromatic carbocycles.